The molecule has 1 amide bonds. The Hall–Kier alpha value is -2.34. The Morgan fingerprint density at radius 2 is 1.86 bits per heavy atom. The number of rotatable bonds is 4. The second-order valence-corrected chi connectivity index (χ2v) is 6.12. The second kappa shape index (κ2) is 6.62. The number of anilines is 2. The van der Waals surface area contributed by atoms with E-state index in [1.54, 1.807) is 32.9 Å². The van der Waals surface area contributed by atoms with E-state index >= 15 is 0 Å². The van der Waals surface area contributed by atoms with Crippen LogP contribution in [0.15, 0.2) is 30.3 Å². The largest absolute Gasteiger partial charge is 0.459 e. The number of nitrogens with two attached hydrogens (primary N) is 1. The molecule has 1 heterocycles. The maximum Gasteiger partial charge on any atom is 0.341 e. The van der Waals surface area contributed by atoms with Crippen molar-refractivity contribution in [1.82, 2.24) is 0 Å². The number of carbonyl (C=O) groups excluding carboxylic acids is 2. The molecule has 2 rings (SSSR count). The number of hydrogen-bond donors (Lipinski definition) is 2. The van der Waals surface area contributed by atoms with Crippen LogP contribution in [0.5, 0.6) is 0 Å². The monoisotopic (exact) mass is 318 g/mol. The Kier molecular flexibility index (Phi) is 4.82. The van der Waals surface area contributed by atoms with Crippen molar-refractivity contribution in [1.29, 1.82) is 0 Å². The summed E-state index contributed by atoms with van der Waals surface area (Å²) in [4.78, 5) is 24.8. The van der Waals surface area contributed by atoms with E-state index in [0.29, 0.717) is 21.1 Å². The molecule has 1 aromatic heterocycles. The summed E-state index contributed by atoms with van der Waals surface area (Å²) in [6.45, 7) is 5.22. The van der Waals surface area contributed by atoms with Crippen molar-refractivity contribution < 1.29 is 14.3 Å². The lowest BCUT2D eigenvalue weighted by atomic mass is 10.1. The number of nitrogens with one attached hydrogen (secondary N) is 1. The average molecular weight is 318 g/mol. The molecule has 0 atom stereocenters. The summed E-state index contributed by atoms with van der Waals surface area (Å²) in [5.74, 6) is -0.788. The van der Waals surface area contributed by atoms with E-state index in [9.17, 15) is 9.59 Å². The molecule has 2 aromatic rings. The first-order valence-corrected chi connectivity index (χ1v) is 7.68. The fraction of sp³-hybridized carbons (Fsp3) is 0.250. The van der Waals surface area contributed by atoms with E-state index in [4.69, 9.17) is 10.5 Å². The van der Waals surface area contributed by atoms with Gasteiger partial charge in [0.05, 0.1) is 16.5 Å². The fourth-order valence-corrected chi connectivity index (χ4v) is 2.95. The third kappa shape index (κ3) is 3.46. The van der Waals surface area contributed by atoms with Crippen LogP contribution in [0.25, 0.3) is 0 Å². The molecule has 5 nitrogen and oxygen atoms in total. The highest BCUT2D eigenvalue weighted by molar-refractivity contribution is 7.18. The molecule has 6 heteroatoms. The molecule has 0 aliphatic rings. The summed E-state index contributed by atoms with van der Waals surface area (Å²) in [7, 11) is 0. The number of para-hydroxylation sites is 1. The number of benzene rings is 1. The van der Waals surface area contributed by atoms with Gasteiger partial charge in [-0.25, -0.2) is 4.79 Å². The van der Waals surface area contributed by atoms with Gasteiger partial charge < -0.3 is 15.8 Å². The summed E-state index contributed by atoms with van der Waals surface area (Å²) in [5.41, 5.74) is 7.39. The maximum absolute atomic E-state index is 12.3. The number of thiophene rings is 1. The molecule has 116 valence electrons. The van der Waals surface area contributed by atoms with Crippen LogP contribution in [0.1, 0.15) is 39.4 Å². The Labute approximate surface area is 133 Å². The number of amides is 1. The number of ether oxygens (including phenoxy) is 1. The van der Waals surface area contributed by atoms with Crippen molar-refractivity contribution in [3.8, 4) is 0 Å². The van der Waals surface area contributed by atoms with Crippen LogP contribution < -0.4 is 11.1 Å². The van der Waals surface area contributed by atoms with Gasteiger partial charge in [-0.3, -0.25) is 4.79 Å². The zero-order valence-electron chi connectivity index (χ0n) is 12.7. The van der Waals surface area contributed by atoms with Gasteiger partial charge in [0, 0.05) is 5.69 Å². The van der Waals surface area contributed by atoms with Crippen LogP contribution in [0, 0.1) is 6.92 Å². The smallest absolute Gasteiger partial charge is 0.341 e. The first kappa shape index (κ1) is 16.0. The molecule has 0 aliphatic carbocycles. The van der Waals surface area contributed by atoms with Crippen LogP contribution in [0.3, 0.4) is 0 Å². The quantitative estimate of drug-likeness (QED) is 0.846. The summed E-state index contributed by atoms with van der Waals surface area (Å²) in [5, 5.41) is 3.08. The van der Waals surface area contributed by atoms with Gasteiger partial charge in [-0.2, -0.15) is 0 Å². The predicted octanol–water partition coefficient (Wildman–Crippen LogP) is 3.46. The number of nitrogen functional groups attached to an aromatic ring is 1. The van der Waals surface area contributed by atoms with Crippen molar-refractivity contribution in [2.75, 3.05) is 11.1 Å². The highest BCUT2D eigenvalue weighted by Gasteiger charge is 2.24. The van der Waals surface area contributed by atoms with Gasteiger partial charge in [0.25, 0.3) is 5.91 Å². The topological polar surface area (TPSA) is 81.4 Å². The number of esters is 1. The lowest BCUT2D eigenvalue weighted by molar-refractivity contribution is 0.0379. The van der Waals surface area contributed by atoms with Crippen molar-refractivity contribution >= 4 is 33.9 Å². The molecule has 22 heavy (non-hydrogen) atoms. The Morgan fingerprint density at radius 1 is 1.23 bits per heavy atom. The summed E-state index contributed by atoms with van der Waals surface area (Å²) >= 11 is 1.09. The molecule has 0 fully saturated rings. The van der Waals surface area contributed by atoms with Crippen LogP contribution >= 0.6 is 11.3 Å². The van der Waals surface area contributed by atoms with Gasteiger partial charge in [-0.15, -0.1) is 11.3 Å². The molecule has 0 spiro atoms. The van der Waals surface area contributed by atoms with Gasteiger partial charge in [-0.05, 0) is 38.5 Å². The second-order valence-electron chi connectivity index (χ2n) is 5.07. The molecular weight excluding hydrogens is 300 g/mol. The van der Waals surface area contributed by atoms with Crippen LogP contribution in [-0.4, -0.2) is 18.0 Å². The van der Waals surface area contributed by atoms with Gasteiger partial charge >= 0.3 is 5.97 Å². The third-order valence-corrected chi connectivity index (χ3v) is 4.08. The Bertz CT molecular complexity index is 693. The van der Waals surface area contributed by atoms with E-state index in [2.05, 4.69) is 5.32 Å². The average Bonchev–Trinajstić information content (AvgIpc) is 2.74. The summed E-state index contributed by atoms with van der Waals surface area (Å²) < 4.78 is 5.17. The number of hydrogen-bond acceptors (Lipinski definition) is 5. The Balaban J connectivity index is 2.26. The normalized spacial score (nSPS) is 10.5. The standard InChI is InChI=1S/C16H18N2O3S/c1-9(2)21-16(20)12-10(3)13(22-14(12)17)15(19)18-11-7-5-4-6-8-11/h4-9H,17H2,1-3H3,(H,18,19). The van der Waals surface area contributed by atoms with E-state index in [1.165, 1.54) is 0 Å². The van der Waals surface area contributed by atoms with E-state index < -0.39 is 5.97 Å². The lowest BCUT2D eigenvalue weighted by Gasteiger charge is -2.08. The zero-order valence-corrected chi connectivity index (χ0v) is 13.5. The first-order valence-electron chi connectivity index (χ1n) is 6.86. The minimum atomic E-state index is -0.500. The molecule has 0 unspecified atom stereocenters. The van der Waals surface area contributed by atoms with Crippen LogP contribution in [-0.2, 0) is 4.74 Å². The Morgan fingerprint density at radius 3 is 2.45 bits per heavy atom. The summed E-state index contributed by atoms with van der Waals surface area (Å²) in [6, 6.07) is 9.10. The molecular formula is C16H18N2O3S. The van der Waals surface area contributed by atoms with Gasteiger partial charge in [0.1, 0.15) is 5.00 Å². The maximum atomic E-state index is 12.3. The minimum absolute atomic E-state index is 0.243. The van der Waals surface area contributed by atoms with Crippen LogP contribution in [0.2, 0.25) is 0 Å². The fourth-order valence-electron chi connectivity index (χ4n) is 1.99. The third-order valence-electron chi connectivity index (χ3n) is 2.96. The highest BCUT2D eigenvalue weighted by Crippen LogP contribution is 2.32. The van der Waals surface area contributed by atoms with Gasteiger partial charge in [-0.1, -0.05) is 18.2 Å². The number of carbonyl (C=O) groups is 2. The minimum Gasteiger partial charge on any atom is -0.459 e. The summed E-state index contributed by atoms with van der Waals surface area (Å²) in [6.07, 6.45) is -0.243. The predicted molar refractivity (Wildman–Crippen MR) is 88.4 cm³/mol. The molecule has 1 aromatic carbocycles. The SMILES string of the molecule is Cc1c(C(=O)Nc2ccccc2)sc(N)c1C(=O)OC(C)C. The van der Waals surface area contributed by atoms with Gasteiger partial charge in [0.2, 0.25) is 0 Å². The molecule has 0 saturated heterocycles. The van der Waals surface area contributed by atoms with E-state index in [-0.39, 0.29) is 17.6 Å². The van der Waals surface area contributed by atoms with E-state index in [0.717, 1.165) is 11.3 Å². The van der Waals surface area contributed by atoms with E-state index in [1.807, 2.05) is 18.2 Å². The van der Waals surface area contributed by atoms with Crippen molar-refractivity contribution in [3.63, 3.8) is 0 Å². The zero-order chi connectivity index (χ0) is 16.3. The molecule has 0 saturated carbocycles. The van der Waals surface area contributed by atoms with Crippen molar-refractivity contribution in [2.45, 2.75) is 26.9 Å². The van der Waals surface area contributed by atoms with Crippen molar-refractivity contribution in [2.24, 2.45) is 0 Å². The molecule has 3 N–H and O–H groups in total. The van der Waals surface area contributed by atoms with Crippen LogP contribution in [0.4, 0.5) is 10.7 Å². The van der Waals surface area contributed by atoms with Gasteiger partial charge in [0.15, 0.2) is 0 Å². The molecule has 0 radical (unpaired) electrons. The van der Waals surface area contributed by atoms with Crippen molar-refractivity contribution in [3.05, 3.63) is 46.3 Å². The highest BCUT2D eigenvalue weighted by atomic mass is 32.1. The molecule has 0 aliphatic heterocycles. The lowest BCUT2D eigenvalue weighted by Crippen LogP contribution is -2.15. The first-order chi connectivity index (χ1) is 10.4. The molecule has 0 bridgehead atoms.